The van der Waals surface area contributed by atoms with Crippen LogP contribution in [0.1, 0.15) is 12.2 Å². The summed E-state index contributed by atoms with van der Waals surface area (Å²) in [6, 6.07) is -0.239. The summed E-state index contributed by atoms with van der Waals surface area (Å²) in [6.45, 7) is 3.38. The third kappa shape index (κ3) is 2.18. The van der Waals surface area contributed by atoms with Gasteiger partial charge in [-0.3, -0.25) is 9.20 Å². The summed E-state index contributed by atoms with van der Waals surface area (Å²) in [5.74, 6) is 0.574. The first-order valence-electron chi connectivity index (χ1n) is 6.39. The Morgan fingerprint density at radius 2 is 2.40 bits per heavy atom. The zero-order chi connectivity index (χ0) is 14.1. The predicted octanol–water partition coefficient (Wildman–Crippen LogP) is 0.113. The molecule has 1 atom stereocenters. The van der Waals surface area contributed by atoms with Crippen LogP contribution in [-0.4, -0.2) is 56.5 Å². The number of nitrogens with zero attached hydrogens (tertiary/aromatic N) is 5. The number of morpholine rings is 1. The Morgan fingerprint density at radius 3 is 3.20 bits per heavy atom. The van der Waals surface area contributed by atoms with Crippen LogP contribution in [0.25, 0.3) is 5.65 Å². The van der Waals surface area contributed by atoms with Crippen LogP contribution in [-0.2, 0) is 9.53 Å². The average molecular weight is 277 g/mol. The number of anilines is 1. The molecule has 0 amide bonds. The summed E-state index contributed by atoms with van der Waals surface area (Å²) in [7, 11) is 0. The number of ether oxygens (including phenoxy) is 1. The second kappa shape index (κ2) is 5.04. The SMILES string of the molecule is Cc1nnc2c(N3CCOCC3CC(=O)O)nccn12. The lowest BCUT2D eigenvalue weighted by molar-refractivity contribution is -0.138. The standard InChI is InChI=1S/C12H15N5O3/c1-8-14-15-12-11(13-2-3-16(8)12)17-4-5-20-7-9(17)6-10(18)19/h2-3,9H,4-7H2,1H3,(H,18,19). The van der Waals surface area contributed by atoms with Crippen LogP contribution in [0.5, 0.6) is 0 Å². The topological polar surface area (TPSA) is 92.8 Å². The van der Waals surface area contributed by atoms with Gasteiger partial charge in [0, 0.05) is 18.9 Å². The Morgan fingerprint density at radius 1 is 1.55 bits per heavy atom. The number of carboxylic acids is 1. The van der Waals surface area contributed by atoms with E-state index >= 15 is 0 Å². The Bertz CT molecular complexity index is 641. The van der Waals surface area contributed by atoms with Gasteiger partial charge < -0.3 is 14.7 Å². The van der Waals surface area contributed by atoms with E-state index in [0.717, 1.165) is 5.82 Å². The highest BCUT2D eigenvalue weighted by atomic mass is 16.5. The molecule has 106 valence electrons. The smallest absolute Gasteiger partial charge is 0.305 e. The summed E-state index contributed by atoms with van der Waals surface area (Å²) < 4.78 is 7.22. The zero-order valence-corrected chi connectivity index (χ0v) is 11.1. The summed E-state index contributed by atoms with van der Waals surface area (Å²) in [4.78, 5) is 17.3. The molecule has 8 heteroatoms. The van der Waals surface area contributed by atoms with Crippen molar-refractivity contribution < 1.29 is 14.6 Å². The molecular weight excluding hydrogens is 262 g/mol. The fourth-order valence-corrected chi connectivity index (χ4v) is 2.44. The molecule has 0 aliphatic carbocycles. The van der Waals surface area contributed by atoms with Gasteiger partial charge in [-0.15, -0.1) is 10.2 Å². The van der Waals surface area contributed by atoms with Gasteiger partial charge in [0.05, 0.1) is 25.7 Å². The lowest BCUT2D eigenvalue weighted by Crippen LogP contribution is -2.47. The van der Waals surface area contributed by atoms with Crippen molar-refractivity contribution in [2.45, 2.75) is 19.4 Å². The van der Waals surface area contributed by atoms with Gasteiger partial charge >= 0.3 is 5.97 Å². The monoisotopic (exact) mass is 277 g/mol. The number of hydrogen-bond donors (Lipinski definition) is 1. The molecule has 1 unspecified atom stereocenters. The number of aryl methyl sites for hydroxylation is 1. The Hall–Kier alpha value is -2.22. The summed E-state index contributed by atoms with van der Waals surface area (Å²) >= 11 is 0. The molecule has 0 spiro atoms. The maximum absolute atomic E-state index is 11.0. The molecule has 0 saturated carbocycles. The van der Waals surface area contributed by atoms with Crippen molar-refractivity contribution in [1.82, 2.24) is 19.6 Å². The molecule has 8 nitrogen and oxygen atoms in total. The minimum atomic E-state index is -0.852. The molecule has 1 aliphatic heterocycles. The third-order valence-electron chi connectivity index (χ3n) is 3.39. The van der Waals surface area contributed by atoms with E-state index in [1.54, 1.807) is 12.4 Å². The first kappa shape index (κ1) is 12.8. The number of carbonyl (C=O) groups is 1. The summed E-state index contributed by atoms with van der Waals surface area (Å²) in [5, 5.41) is 17.2. The minimum absolute atomic E-state index is 0.00978. The fourth-order valence-electron chi connectivity index (χ4n) is 2.44. The van der Waals surface area contributed by atoms with E-state index in [9.17, 15) is 4.79 Å². The maximum atomic E-state index is 11.0. The number of rotatable bonds is 3. The number of aromatic nitrogens is 4. The second-order valence-electron chi connectivity index (χ2n) is 4.71. The Kier molecular flexibility index (Phi) is 3.23. The van der Waals surface area contributed by atoms with Crippen molar-refractivity contribution in [2.24, 2.45) is 0 Å². The van der Waals surface area contributed by atoms with Crippen molar-refractivity contribution in [2.75, 3.05) is 24.7 Å². The molecular formula is C12H15N5O3. The summed E-state index contributed by atoms with van der Waals surface area (Å²) in [6.07, 6.45) is 3.47. The predicted molar refractivity (Wildman–Crippen MR) is 69.7 cm³/mol. The van der Waals surface area contributed by atoms with Gasteiger partial charge in [0.25, 0.3) is 0 Å². The molecule has 2 aromatic heterocycles. The lowest BCUT2D eigenvalue weighted by Gasteiger charge is -2.35. The quantitative estimate of drug-likeness (QED) is 0.851. The highest BCUT2D eigenvalue weighted by Crippen LogP contribution is 2.23. The molecule has 20 heavy (non-hydrogen) atoms. The van der Waals surface area contributed by atoms with Gasteiger partial charge in [-0.25, -0.2) is 4.98 Å². The van der Waals surface area contributed by atoms with Crippen LogP contribution in [0.15, 0.2) is 12.4 Å². The molecule has 3 rings (SSSR count). The molecule has 1 aliphatic rings. The number of carboxylic acid groups (broad SMARTS) is 1. The van der Waals surface area contributed by atoms with Crippen LogP contribution < -0.4 is 4.90 Å². The van der Waals surface area contributed by atoms with E-state index in [0.29, 0.717) is 31.2 Å². The number of hydrogen-bond acceptors (Lipinski definition) is 6. The highest BCUT2D eigenvalue weighted by molar-refractivity contribution is 5.70. The number of aliphatic carboxylic acids is 1. The molecule has 0 aromatic carbocycles. The van der Waals surface area contributed by atoms with Crippen molar-refractivity contribution in [3.8, 4) is 0 Å². The first-order valence-corrected chi connectivity index (χ1v) is 6.39. The molecule has 1 N–H and O–H groups in total. The van der Waals surface area contributed by atoms with Gasteiger partial charge in [0.15, 0.2) is 5.82 Å². The molecule has 2 aromatic rings. The fraction of sp³-hybridized carbons (Fsp3) is 0.500. The molecule has 1 saturated heterocycles. The lowest BCUT2D eigenvalue weighted by atomic mass is 10.1. The van der Waals surface area contributed by atoms with Crippen LogP contribution >= 0.6 is 0 Å². The molecule has 3 heterocycles. The van der Waals surface area contributed by atoms with Gasteiger partial charge in [-0.2, -0.15) is 0 Å². The Balaban J connectivity index is 2.01. The third-order valence-corrected chi connectivity index (χ3v) is 3.39. The van der Waals surface area contributed by atoms with E-state index in [4.69, 9.17) is 9.84 Å². The van der Waals surface area contributed by atoms with Crippen LogP contribution in [0.4, 0.5) is 5.82 Å². The summed E-state index contributed by atoms with van der Waals surface area (Å²) in [5.41, 5.74) is 0.641. The van der Waals surface area contributed by atoms with Crippen molar-refractivity contribution in [3.63, 3.8) is 0 Å². The van der Waals surface area contributed by atoms with Gasteiger partial charge in [-0.05, 0) is 6.92 Å². The van der Waals surface area contributed by atoms with E-state index in [1.165, 1.54) is 0 Å². The van der Waals surface area contributed by atoms with Gasteiger partial charge in [0.1, 0.15) is 5.82 Å². The largest absolute Gasteiger partial charge is 0.481 e. The van der Waals surface area contributed by atoms with E-state index < -0.39 is 5.97 Å². The van der Waals surface area contributed by atoms with E-state index in [1.807, 2.05) is 16.2 Å². The van der Waals surface area contributed by atoms with Gasteiger partial charge in [-0.1, -0.05) is 0 Å². The van der Waals surface area contributed by atoms with Crippen molar-refractivity contribution in [3.05, 3.63) is 18.2 Å². The maximum Gasteiger partial charge on any atom is 0.305 e. The first-order chi connectivity index (χ1) is 9.66. The normalized spacial score (nSPS) is 19.4. The van der Waals surface area contributed by atoms with E-state index in [2.05, 4.69) is 15.2 Å². The molecule has 0 radical (unpaired) electrons. The number of fused-ring (bicyclic) bond motifs is 1. The van der Waals surface area contributed by atoms with Gasteiger partial charge in [0.2, 0.25) is 5.65 Å². The molecule has 1 fully saturated rings. The zero-order valence-electron chi connectivity index (χ0n) is 11.1. The molecule has 0 bridgehead atoms. The minimum Gasteiger partial charge on any atom is -0.481 e. The van der Waals surface area contributed by atoms with Crippen LogP contribution in [0.2, 0.25) is 0 Å². The second-order valence-corrected chi connectivity index (χ2v) is 4.71. The Labute approximate surface area is 115 Å². The highest BCUT2D eigenvalue weighted by Gasteiger charge is 2.28. The van der Waals surface area contributed by atoms with Crippen molar-refractivity contribution in [1.29, 1.82) is 0 Å². The van der Waals surface area contributed by atoms with E-state index in [-0.39, 0.29) is 12.5 Å². The van der Waals surface area contributed by atoms with Crippen LogP contribution in [0, 0.1) is 6.92 Å². The van der Waals surface area contributed by atoms with Crippen molar-refractivity contribution >= 4 is 17.4 Å². The van der Waals surface area contributed by atoms with Crippen LogP contribution in [0.3, 0.4) is 0 Å². The average Bonchev–Trinajstić information content (AvgIpc) is 2.81.